The third-order valence-corrected chi connectivity index (χ3v) is 15.3. The van der Waals surface area contributed by atoms with Crippen LogP contribution in [-0.2, 0) is 37.8 Å². The van der Waals surface area contributed by atoms with Crippen molar-refractivity contribution < 1.29 is 36.2 Å². The number of amides is 1. The van der Waals surface area contributed by atoms with Crippen molar-refractivity contribution in [3.05, 3.63) is 58.1 Å². The zero-order valence-electron chi connectivity index (χ0n) is 29.6. The molecule has 1 amide bonds. The number of methoxy groups -OCH3 is 1. The summed E-state index contributed by atoms with van der Waals surface area (Å²) >= 11 is 6.34. The maximum Gasteiger partial charge on any atom is 0.264 e. The van der Waals surface area contributed by atoms with Crippen LogP contribution in [-0.4, -0.2) is 89.2 Å². The normalized spacial score (nSPS) is 27.9. The number of benzene rings is 2. The molecular formula is C36H52ClN3O8S2. The predicted octanol–water partition coefficient (Wildman–Crippen LogP) is 5.00. The average molecular weight is 754 g/mol. The number of fused-ring (bicyclic) bond motifs is 3. The highest BCUT2D eigenvalue weighted by Crippen LogP contribution is 2.47. The second-order valence-corrected chi connectivity index (χ2v) is 19.0. The SMILES string of the molecule is COCCN(C)S(=O)(=O)C[C@]1(O)CCC[C@H](C)[C@@H](C)S(=O)(=O)NC(=O)c2ccc3c(c2)N(CCCCc2cc(Cl)ccc2CO3)C[C@@H]2CC[C@H]21. The standard InChI is InChI=1S/C36H52ClN3O8S2/c1-25-8-7-16-36(42,24-49(43,44)39(3)18-19-47-4)32-14-11-29(32)22-40-17-6-5-9-27-20-31(37)13-10-30(27)23-48-34-15-12-28(21-33(34)40)35(41)38-50(45,46)26(25)2/h10,12-13,15,20-21,25-26,29,32,42H,5-9,11,14,16-19,22-24H2,1-4H3,(H,38,41)/t25-,26+,29-,32+,36+/m0/s1. The van der Waals surface area contributed by atoms with Crippen LogP contribution < -0.4 is 14.4 Å². The fourth-order valence-electron chi connectivity index (χ4n) is 7.56. The molecule has 2 aliphatic heterocycles. The first-order valence-electron chi connectivity index (χ1n) is 17.6. The predicted molar refractivity (Wildman–Crippen MR) is 196 cm³/mol. The third kappa shape index (κ3) is 8.95. The summed E-state index contributed by atoms with van der Waals surface area (Å²) in [7, 11) is -4.88. The summed E-state index contributed by atoms with van der Waals surface area (Å²) in [4.78, 5) is 15.7. The number of aliphatic hydroxyl groups is 1. The van der Waals surface area contributed by atoms with Crippen molar-refractivity contribution >= 4 is 43.2 Å². The zero-order valence-corrected chi connectivity index (χ0v) is 32.0. The molecule has 5 rings (SSSR count). The second kappa shape index (κ2) is 16.1. The minimum Gasteiger partial charge on any atom is -0.487 e. The molecular weight excluding hydrogens is 702 g/mol. The molecule has 3 aliphatic rings. The zero-order chi connectivity index (χ0) is 36.3. The average Bonchev–Trinajstić information content (AvgIpc) is 3.07. The Morgan fingerprint density at radius 1 is 1.10 bits per heavy atom. The van der Waals surface area contributed by atoms with E-state index in [1.54, 1.807) is 32.0 Å². The van der Waals surface area contributed by atoms with Crippen LogP contribution in [0.5, 0.6) is 5.75 Å². The highest BCUT2D eigenvalue weighted by Gasteiger charge is 2.49. The van der Waals surface area contributed by atoms with E-state index >= 15 is 0 Å². The molecule has 0 spiro atoms. The molecule has 2 aromatic rings. The fraction of sp³-hybridized carbons (Fsp3) is 0.639. The van der Waals surface area contributed by atoms with Gasteiger partial charge in [-0.05, 0) is 111 Å². The Labute approximate surface area is 302 Å². The number of nitrogens with zero attached hydrogens (tertiary/aromatic N) is 2. The molecule has 0 saturated heterocycles. The van der Waals surface area contributed by atoms with Crippen LogP contribution in [0.25, 0.3) is 0 Å². The first-order valence-corrected chi connectivity index (χ1v) is 21.2. The summed E-state index contributed by atoms with van der Waals surface area (Å²) in [6.45, 7) is 5.19. The molecule has 2 bridgehead atoms. The van der Waals surface area contributed by atoms with E-state index in [0.29, 0.717) is 48.8 Å². The topological polar surface area (TPSA) is 143 Å². The highest BCUT2D eigenvalue weighted by molar-refractivity contribution is 7.90. The molecule has 50 heavy (non-hydrogen) atoms. The summed E-state index contributed by atoms with van der Waals surface area (Å²) < 4.78 is 69.2. The molecule has 0 aromatic heterocycles. The van der Waals surface area contributed by atoms with E-state index in [1.807, 2.05) is 18.2 Å². The van der Waals surface area contributed by atoms with Crippen LogP contribution in [0.15, 0.2) is 36.4 Å². The van der Waals surface area contributed by atoms with E-state index < -0.39 is 42.6 Å². The summed E-state index contributed by atoms with van der Waals surface area (Å²) in [6.07, 6.45) is 5.06. The number of ether oxygens (including phenoxy) is 2. The van der Waals surface area contributed by atoms with Gasteiger partial charge in [-0.3, -0.25) is 4.79 Å². The summed E-state index contributed by atoms with van der Waals surface area (Å²) in [5, 5.41) is 12.2. The fourth-order valence-corrected chi connectivity index (χ4v) is 10.6. The van der Waals surface area contributed by atoms with Crippen molar-refractivity contribution in [1.82, 2.24) is 9.03 Å². The van der Waals surface area contributed by atoms with Gasteiger partial charge in [-0.2, -0.15) is 0 Å². The molecule has 2 N–H and O–H groups in total. The van der Waals surface area contributed by atoms with Crippen molar-refractivity contribution in [2.75, 3.05) is 51.1 Å². The number of carbonyl (C=O) groups is 1. The smallest absolute Gasteiger partial charge is 0.264 e. The number of rotatable bonds is 6. The van der Waals surface area contributed by atoms with Crippen LogP contribution in [0.1, 0.15) is 80.3 Å². The van der Waals surface area contributed by atoms with Gasteiger partial charge in [-0.25, -0.2) is 25.9 Å². The minimum atomic E-state index is -4.05. The van der Waals surface area contributed by atoms with E-state index in [2.05, 4.69) is 9.62 Å². The van der Waals surface area contributed by atoms with Crippen LogP contribution in [0.2, 0.25) is 5.02 Å². The van der Waals surface area contributed by atoms with Crippen molar-refractivity contribution in [3.63, 3.8) is 0 Å². The lowest BCUT2D eigenvalue weighted by Gasteiger charge is -2.49. The molecule has 2 heterocycles. The number of aryl methyl sites for hydroxylation is 1. The van der Waals surface area contributed by atoms with Gasteiger partial charge in [0.15, 0.2) is 0 Å². The molecule has 11 nitrogen and oxygen atoms in total. The second-order valence-electron chi connectivity index (χ2n) is 14.5. The number of anilines is 1. The van der Waals surface area contributed by atoms with E-state index in [-0.39, 0.29) is 49.5 Å². The summed E-state index contributed by atoms with van der Waals surface area (Å²) in [5.41, 5.74) is 1.46. The van der Waals surface area contributed by atoms with Crippen molar-refractivity contribution in [2.45, 2.75) is 82.7 Å². The van der Waals surface area contributed by atoms with Gasteiger partial charge >= 0.3 is 0 Å². The Bertz CT molecular complexity index is 1740. The Kier molecular flexibility index (Phi) is 12.5. The van der Waals surface area contributed by atoms with Crippen molar-refractivity contribution in [2.24, 2.45) is 17.8 Å². The van der Waals surface area contributed by atoms with Gasteiger partial charge in [0.25, 0.3) is 5.91 Å². The third-order valence-electron chi connectivity index (χ3n) is 11.1. The summed E-state index contributed by atoms with van der Waals surface area (Å²) in [6, 6.07) is 10.8. The van der Waals surface area contributed by atoms with E-state index in [1.165, 1.54) is 18.5 Å². The van der Waals surface area contributed by atoms with Gasteiger partial charge in [-0.15, -0.1) is 0 Å². The van der Waals surface area contributed by atoms with Crippen LogP contribution in [0, 0.1) is 17.8 Å². The molecule has 1 fully saturated rings. The lowest BCUT2D eigenvalue weighted by molar-refractivity contribution is -0.0723. The Balaban J connectivity index is 1.55. The van der Waals surface area contributed by atoms with Gasteiger partial charge in [-0.1, -0.05) is 31.0 Å². The van der Waals surface area contributed by atoms with E-state index in [0.717, 1.165) is 36.8 Å². The van der Waals surface area contributed by atoms with Crippen LogP contribution in [0.4, 0.5) is 5.69 Å². The van der Waals surface area contributed by atoms with Gasteiger partial charge in [0.1, 0.15) is 12.4 Å². The number of carbonyl (C=O) groups excluding carboxylic acids is 1. The van der Waals surface area contributed by atoms with Crippen molar-refractivity contribution in [3.8, 4) is 5.75 Å². The highest BCUT2D eigenvalue weighted by atomic mass is 35.5. The van der Waals surface area contributed by atoms with Gasteiger partial charge in [0.05, 0.1) is 28.9 Å². The molecule has 2 aromatic carbocycles. The van der Waals surface area contributed by atoms with E-state index in [4.69, 9.17) is 21.1 Å². The quantitative estimate of drug-likeness (QED) is 0.417. The molecule has 1 saturated carbocycles. The molecule has 14 heteroatoms. The van der Waals surface area contributed by atoms with E-state index in [9.17, 15) is 26.7 Å². The van der Waals surface area contributed by atoms with Crippen LogP contribution in [0.3, 0.4) is 0 Å². The number of sulfonamides is 2. The molecule has 1 aliphatic carbocycles. The summed E-state index contributed by atoms with van der Waals surface area (Å²) in [5.74, 6) is -1.25. The molecule has 5 atom stereocenters. The monoisotopic (exact) mass is 753 g/mol. The molecule has 0 unspecified atom stereocenters. The number of hydrogen-bond acceptors (Lipinski definition) is 9. The lowest BCUT2D eigenvalue weighted by atomic mass is 9.63. The minimum absolute atomic E-state index is 0.0180. The number of likely N-dealkylation sites (N-methyl/N-ethyl adjacent to an activating group) is 1. The Morgan fingerprint density at radius 3 is 2.60 bits per heavy atom. The maximum atomic E-state index is 13.6. The maximum absolute atomic E-state index is 13.6. The first-order chi connectivity index (χ1) is 23.6. The largest absolute Gasteiger partial charge is 0.487 e. The van der Waals surface area contributed by atoms with Crippen LogP contribution >= 0.6 is 11.6 Å². The van der Waals surface area contributed by atoms with Gasteiger partial charge in [0, 0.05) is 44.4 Å². The lowest BCUT2D eigenvalue weighted by Crippen LogP contribution is -2.55. The van der Waals surface area contributed by atoms with Crippen molar-refractivity contribution in [1.29, 1.82) is 0 Å². The number of halogens is 1. The van der Waals surface area contributed by atoms with Gasteiger partial charge < -0.3 is 19.5 Å². The number of nitrogens with one attached hydrogen (secondary N) is 1. The number of hydrogen-bond donors (Lipinski definition) is 2. The Hall–Kier alpha value is -2.42. The van der Waals surface area contributed by atoms with Gasteiger partial charge in [0.2, 0.25) is 20.0 Å². The Morgan fingerprint density at radius 2 is 1.88 bits per heavy atom. The first kappa shape index (κ1) is 38.8. The molecule has 0 radical (unpaired) electrons. The molecule has 278 valence electrons.